The van der Waals surface area contributed by atoms with Crippen molar-refractivity contribution in [3.8, 4) is 0 Å². The number of benzene rings is 1. The van der Waals surface area contributed by atoms with E-state index in [9.17, 15) is 4.57 Å². The van der Waals surface area contributed by atoms with Crippen molar-refractivity contribution in [3.05, 3.63) is 36.9 Å². The van der Waals surface area contributed by atoms with Gasteiger partial charge in [0.15, 0.2) is 0 Å². The number of aromatic nitrogens is 3. The summed E-state index contributed by atoms with van der Waals surface area (Å²) < 4.78 is 14.0. The third kappa shape index (κ3) is 25.8. The second-order valence-electron chi connectivity index (χ2n) is 9.64. The average Bonchev–Trinajstić information content (AvgIpc) is 3.32. The molecule has 0 saturated carbocycles. The monoisotopic (exact) mass is 540 g/mol. The second-order valence-corrected chi connectivity index (χ2v) is 10.8. The number of H-pyrrole nitrogens is 1. The highest BCUT2D eigenvalue weighted by atomic mass is 31.2. The molecule has 1 aromatic heterocycles. The van der Waals surface area contributed by atoms with E-state index in [4.69, 9.17) is 15.5 Å². The number of para-hydroxylation sites is 1. The molecule has 9 heteroatoms. The molecular weight excluding hydrogens is 487 g/mol. The molecule has 0 unspecified atom stereocenters. The summed E-state index contributed by atoms with van der Waals surface area (Å²) in [5.41, 5.74) is 7.38. The molecule has 0 fully saturated rings. The first-order valence-electron chi connectivity index (χ1n) is 14.1. The number of rotatable bonds is 19. The lowest BCUT2D eigenvalue weighted by Gasteiger charge is -2.06. The highest BCUT2D eigenvalue weighted by Crippen LogP contribution is 2.37. The molecule has 37 heavy (non-hydrogen) atoms. The number of aromatic amines is 1. The van der Waals surface area contributed by atoms with Gasteiger partial charge in [0.2, 0.25) is 0 Å². The number of phosphoric ester groups is 1. The fraction of sp³-hybridized carbons (Fsp3) is 0.714. The molecule has 2 rings (SSSR count). The zero-order valence-corrected chi connectivity index (χ0v) is 24.2. The molecule has 0 amide bonds. The second kappa shape index (κ2) is 24.7. The van der Waals surface area contributed by atoms with Crippen molar-refractivity contribution in [1.29, 1.82) is 0 Å². The maximum atomic E-state index is 9.91. The molecule has 0 saturated heterocycles. The number of allylic oxidation sites excluding steroid dienone is 1. The lowest BCUT2D eigenvalue weighted by molar-refractivity contribution is 0.156. The van der Waals surface area contributed by atoms with Crippen molar-refractivity contribution in [1.82, 2.24) is 15.4 Å². The van der Waals surface area contributed by atoms with Crippen LogP contribution in [0.5, 0.6) is 0 Å². The summed E-state index contributed by atoms with van der Waals surface area (Å²) in [6, 6.07) is 7.74. The van der Waals surface area contributed by atoms with E-state index in [1.165, 1.54) is 103 Å². The number of nitrogens with two attached hydrogens (primary N) is 1. The van der Waals surface area contributed by atoms with E-state index in [-0.39, 0.29) is 0 Å². The van der Waals surface area contributed by atoms with E-state index >= 15 is 0 Å². The van der Waals surface area contributed by atoms with Crippen LogP contribution in [0.4, 0.5) is 0 Å². The van der Waals surface area contributed by atoms with Gasteiger partial charge in [-0.25, -0.2) is 4.57 Å². The number of nitrogens with one attached hydrogen (secondary N) is 1. The van der Waals surface area contributed by atoms with Gasteiger partial charge >= 0.3 is 7.82 Å². The Hall–Kier alpha value is -1.57. The van der Waals surface area contributed by atoms with Gasteiger partial charge in [0.25, 0.3) is 0 Å². The van der Waals surface area contributed by atoms with Gasteiger partial charge in [-0.3, -0.25) is 9.62 Å². The van der Waals surface area contributed by atoms with E-state index in [0.29, 0.717) is 0 Å². The average molecular weight is 541 g/mol. The molecule has 5 N–H and O–H groups in total. The van der Waals surface area contributed by atoms with Gasteiger partial charge in [-0.1, -0.05) is 107 Å². The van der Waals surface area contributed by atoms with Crippen LogP contribution in [-0.4, -0.2) is 37.8 Å². The maximum Gasteiger partial charge on any atom is 0.469 e. The van der Waals surface area contributed by atoms with Crippen LogP contribution in [0, 0.1) is 0 Å². The molecule has 1 aromatic carbocycles. The van der Waals surface area contributed by atoms with E-state index in [2.05, 4.69) is 26.5 Å². The van der Waals surface area contributed by atoms with Gasteiger partial charge in [0.05, 0.1) is 11.6 Å². The number of hydrogen-bond acceptors (Lipinski definition) is 5. The van der Waals surface area contributed by atoms with Crippen molar-refractivity contribution in [2.24, 2.45) is 5.73 Å². The Morgan fingerprint density at radius 2 is 1.35 bits per heavy atom. The summed E-state index contributed by atoms with van der Waals surface area (Å²) in [7, 11) is -4.22. The number of nitrogens with zero attached hydrogens (tertiary/aromatic N) is 2. The summed E-state index contributed by atoms with van der Waals surface area (Å²) in [4.78, 5) is 16.2. The summed E-state index contributed by atoms with van der Waals surface area (Å²) in [5.74, 6) is 0. The molecule has 0 spiro atoms. The van der Waals surface area contributed by atoms with Crippen LogP contribution < -0.4 is 5.73 Å². The lowest BCUT2D eigenvalue weighted by atomic mass is 10.0. The van der Waals surface area contributed by atoms with Crippen LogP contribution in [0.25, 0.3) is 11.0 Å². The topological polar surface area (TPSA) is 134 Å². The molecule has 0 aliphatic rings. The van der Waals surface area contributed by atoms with Gasteiger partial charge in [-0.05, 0) is 51.8 Å². The van der Waals surface area contributed by atoms with Gasteiger partial charge in [-0.2, -0.15) is 0 Å². The predicted octanol–water partition coefficient (Wildman–Crippen LogP) is 7.83. The molecule has 1 heterocycles. The van der Waals surface area contributed by atoms with Crippen molar-refractivity contribution in [2.45, 2.75) is 123 Å². The molecule has 0 aliphatic carbocycles. The van der Waals surface area contributed by atoms with Crippen LogP contribution in [0.2, 0.25) is 0 Å². The van der Waals surface area contributed by atoms with Gasteiger partial charge in [0.1, 0.15) is 5.52 Å². The minimum Gasteiger partial charge on any atom is -0.330 e. The van der Waals surface area contributed by atoms with Gasteiger partial charge < -0.3 is 15.5 Å². The predicted molar refractivity (Wildman–Crippen MR) is 155 cm³/mol. The quantitative estimate of drug-likeness (QED) is 0.0810. The third-order valence-electron chi connectivity index (χ3n) is 5.69. The number of unbranched alkanes of at least 4 members (excludes halogenated alkanes) is 15. The van der Waals surface area contributed by atoms with Crippen LogP contribution >= 0.6 is 7.82 Å². The van der Waals surface area contributed by atoms with Crippen LogP contribution in [0.3, 0.4) is 0 Å². The molecule has 0 radical (unpaired) electrons. The number of phosphoric acid groups is 1. The maximum absolute atomic E-state index is 9.91. The first-order valence-corrected chi connectivity index (χ1v) is 15.6. The minimum absolute atomic E-state index is 0.421. The van der Waals surface area contributed by atoms with Gasteiger partial charge in [0, 0.05) is 0 Å². The largest absolute Gasteiger partial charge is 0.469 e. The minimum atomic E-state index is -4.22. The van der Waals surface area contributed by atoms with Crippen LogP contribution in [0.1, 0.15) is 117 Å². The van der Waals surface area contributed by atoms with Gasteiger partial charge in [-0.15, -0.1) is 11.7 Å². The molecule has 2 aromatic rings. The van der Waals surface area contributed by atoms with Crippen molar-refractivity contribution < 1.29 is 18.9 Å². The fourth-order valence-corrected chi connectivity index (χ4v) is 4.34. The highest BCUT2D eigenvalue weighted by molar-refractivity contribution is 7.46. The molecule has 0 bridgehead atoms. The fourth-order valence-electron chi connectivity index (χ4n) is 3.79. The molecule has 0 atom stereocenters. The molecular formula is C28H53N4O4P. The van der Waals surface area contributed by atoms with E-state index in [0.717, 1.165) is 17.6 Å². The Kier molecular flexibility index (Phi) is 23.7. The summed E-state index contributed by atoms with van der Waals surface area (Å²) in [6.07, 6.45) is 24.0. The third-order valence-corrected chi connectivity index (χ3v) is 6.39. The zero-order valence-electron chi connectivity index (χ0n) is 23.3. The normalized spacial score (nSPS) is 11.1. The van der Waals surface area contributed by atoms with E-state index in [1.807, 2.05) is 30.3 Å². The van der Waals surface area contributed by atoms with Crippen molar-refractivity contribution in [3.63, 3.8) is 0 Å². The highest BCUT2D eigenvalue weighted by Gasteiger charge is 2.14. The summed E-state index contributed by atoms with van der Waals surface area (Å²) >= 11 is 0. The number of hydrogen-bond donors (Lipinski definition) is 4. The Balaban J connectivity index is 0.000000618. The number of fused-ring (bicyclic) bond motifs is 1. The zero-order chi connectivity index (χ0) is 27.6. The Bertz CT molecular complexity index is 780. The Morgan fingerprint density at radius 3 is 1.73 bits per heavy atom. The standard InChI is InChI=1S/C19H39N.C6H5N3.C3H9O4P/c1-2-3-4-5-6-7-8-9-10-11-12-13-14-15-16-17-18-19-20;1-2-4-6-5(3-1)7-9-8-6;1-3(2)7-8(4,5)6/h2H,1,3-20H2;1-4H,(H,7,8,9);3H,1-2H3,(H2,4,5,6). The molecule has 0 aliphatic heterocycles. The van der Waals surface area contributed by atoms with E-state index in [1.54, 1.807) is 13.8 Å². The van der Waals surface area contributed by atoms with Crippen LogP contribution in [0.15, 0.2) is 36.9 Å². The summed E-state index contributed by atoms with van der Waals surface area (Å²) in [6.45, 7) is 7.74. The Labute approximate surface area is 225 Å². The van der Waals surface area contributed by atoms with Crippen LogP contribution in [-0.2, 0) is 9.09 Å². The Morgan fingerprint density at radius 1 is 0.892 bits per heavy atom. The lowest BCUT2D eigenvalue weighted by Crippen LogP contribution is -1.98. The van der Waals surface area contributed by atoms with Crippen molar-refractivity contribution in [2.75, 3.05) is 6.54 Å². The van der Waals surface area contributed by atoms with E-state index < -0.39 is 13.9 Å². The first-order chi connectivity index (χ1) is 17.8. The smallest absolute Gasteiger partial charge is 0.330 e. The molecule has 214 valence electrons. The van der Waals surface area contributed by atoms with Crippen molar-refractivity contribution >= 4 is 18.9 Å². The first kappa shape index (κ1) is 35.4. The molecule has 8 nitrogen and oxygen atoms in total. The summed E-state index contributed by atoms with van der Waals surface area (Å²) in [5, 5.41) is 10.2. The SMILES string of the molecule is C=CCCCCCCCCCCCCCCCCCN.CC(C)OP(=O)(O)O.c1ccc2[nH]nnc2c1.